The Kier molecular flexibility index (Phi) is 4.57. The van der Waals surface area contributed by atoms with Crippen molar-refractivity contribution in [3.05, 3.63) is 66.1 Å². The zero-order valence-corrected chi connectivity index (χ0v) is 16.1. The average molecular weight is 383 g/mol. The van der Waals surface area contributed by atoms with Gasteiger partial charge in [0.05, 0.1) is 4.90 Å². The molecule has 7 heteroatoms. The van der Waals surface area contributed by atoms with Gasteiger partial charge in [-0.2, -0.15) is 4.98 Å². The Labute approximate surface area is 158 Å². The number of sulfonamides is 1. The fourth-order valence-corrected chi connectivity index (χ4v) is 4.29. The second-order valence-corrected chi connectivity index (χ2v) is 9.12. The average Bonchev–Trinajstić information content (AvgIpc) is 3.11. The van der Waals surface area contributed by atoms with E-state index in [1.165, 1.54) is 24.0 Å². The molecule has 2 aromatic carbocycles. The van der Waals surface area contributed by atoms with Gasteiger partial charge in [-0.1, -0.05) is 35.5 Å². The molecule has 0 radical (unpaired) electrons. The van der Waals surface area contributed by atoms with Crippen molar-refractivity contribution in [2.45, 2.75) is 29.6 Å². The summed E-state index contributed by atoms with van der Waals surface area (Å²) in [5.41, 5.74) is 2.03. The van der Waals surface area contributed by atoms with Crippen molar-refractivity contribution in [3.8, 4) is 11.4 Å². The summed E-state index contributed by atoms with van der Waals surface area (Å²) in [6.07, 6.45) is 2.14. The van der Waals surface area contributed by atoms with Crippen molar-refractivity contribution in [2.75, 3.05) is 14.1 Å². The molecule has 0 bridgehead atoms. The minimum absolute atomic E-state index is 0.238. The maximum Gasteiger partial charge on any atom is 0.242 e. The van der Waals surface area contributed by atoms with E-state index in [0.717, 1.165) is 18.4 Å². The lowest BCUT2D eigenvalue weighted by Crippen LogP contribution is -2.22. The molecule has 0 N–H and O–H groups in total. The molecule has 1 aliphatic carbocycles. The van der Waals surface area contributed by atoms with Crippen LogP contribution in [0.3, 0.4) is 0 Å². The van der Waals surface area contributed by atoms with Crippen LogP contribution in [0.5, 0.6) is 0 Å². The van der Waals surface area contributed by atoms with Crippen molar-refractivity contribution in [3.63, 3.8) is 0 Å². The summed E-state index contributed by atoms with van der Waals surface area (Å²) in [6.45, 7) is 0. The standard InChI is InChI=1S/C20H21N3O3S/c1-23(2)27(24,25)16-10-8-15(9-11-16)19-21-20(26-22-19)18-13-12-17(18)14-6-4-3-5-7-14/h3-11,17-18H,12-13H2,1-2H3. The van der Waals surface area contributed by atoms with E-state index >= 15 is 0 Å². The predicted octanol–water partition coefficient (Wildman–Crippen LogP) is 3.65. The Hall–Kier alpha value is -2.51. The van der Waals surface area contributed by atoms with E-state index in [9.17, 15) is 8.42 Å². The highest BCUT2D eigenvalue weighted by Crippen LogP contribution is 2.48. The first kappa shape index (κ1) is 17.9. The van der Waals surface area contributed by atoms with Crippen LogP contribution in [0.2, 0.25) is 0 Å². The zero-order chi connectivity index (χ0) is 19.0. The van der Waals surface area contributed by atoms with E-state index in [4.69, 9.17) is 4.52 Å². The van der Waals surface area contributed by atoms with Crippen LogP contribution in [-0.2, 0) is 10.0 Å². The van der Waals surface area contributed by atoms with E-state index in [1.807, 2.05) is 18.2 Å². The summed E-state index contributed by atoms with van der Waals surface area (Å²) in [7, 11) is -0.427. The van der Waals surface area contributed by atoms with Gasteiger partial charge in [-0.05, 0) is 48.6 Å². The Morgan fingerprint density at radius 1 is 0.963 bits per heavy atom. The van der Waals surface area contributed by atoms with Crippen LogP contribution in [0.25, 0.3) is 11.4 Å². The highest BCUT2D eigenvalue weighted by atomic mass is 32.2. The number of nitrogens with zero attached hydrogens (tertiary/aromatic N) is 3. The maximum absolute atomic E-state index is 12.2. The monoisotopic (exact) mass is 383 g/mol. The lowest BCUT2D eigenvalue weighted by Gasteiger charge is -2.34. The first-order valence-corrected chi connectivity index (χ1v) is 10.3. The molecule has 4 rings (SSSR count). The molecule has 6 nitrogen and oxygen atoms in total. The number of benzene rings is 2. The van der Waals surface area contributed by atoms with Gasteiger partial charge in [-0.3, -0.25) is 0 Å². The Bertz CT molecular complexity index is 1030. The van der Waals surface area contributed by atoms with Crippen molar-refractivity contribution < 1.29 is 12.9 Å². The molecule has 140 valence electrons. The molecular formula is C20H21N3O3S. The normalized spacial score (nSPS) is 19.8. The predicted molar refractivity (Wildman–Crippen MR) is 102 cm³/mol. The molecule has 0 amide bonds. The summed E-state index contributed by atoms with van der Waals surface area (Å²) in [5.74, 6) is 1.78. The van der Waals surface area contributed by atoms with Gasteiger partial charge in [0.15, 0.2) is 0 Å². The van der Waals surface area contributed by atoms with Gasteiger partial charge >= 0.3 is 0 Å². The van der Waals surface area contributed by atoms with E-state index in [0.29, 0.717) is 17.6 Å². The van der Waals surface area contributed by atoms with Gasteiger partial charge in [0.1, 0.15) is 0 Å². The van der Waals surface area contributed by atoms with Crippen LogP contribution in [0.4, 0.5) is 0 Å². The van der Waals surface area contributed by atoms with Crippen molar-refractivity contribution >= 4 is 10.0 Å². The number of rotatable bonds is 5. The molecular weight excluding hydrogens is 362 g/mol. The SMILES string of the molecule is CN(C)S(=O)(=O)c1ccc(-c2noc(C3CCC3c3ccccc3)n2)cc1. The third-order valence-corrected chi connectivity index (χ3v) is 6.98. The third kappa shape index (κ3) is 3.28. The van der Waals surface area contributed by atoms with Gasteiger partial charge in [-0.25, -0.2) is 12.7 Å². The molecule has 0 saturated heterocycles. The van der Waals surface area contributed by atoms with E-state index in [-0.39, 0.29) is 10.8 Å². The quantitative estimate of drug-likeness (QED) is 0.672. The fourth-order valence-electron chi connectivity index (χ4n) is 3.38. The molecule has 0 aliphatic heterocycles. The van der Waals surface area contributed by atoms with Gasteiger partial charge in [0, 0.05) is 25.6 Å². The van der Waals surface area contributed by atoms with Crippen LogP contribution < -0.4 is 0 Å². The maximum atomic E-state index is 12.2. The van der Waals surface area contributed by atoms with Crippen LogP contribution in [0.15, 0.2) is 64.0 Å². The van der Waals surface area contributed by atoms with Gasteiger partial charge in [0.25, 0.3) is 0 Å². The largest absolute Gasteiger partial charge is 0.339 e. The van der Waals surface area contributed by atoms with Gasteiger partial charge in [-0.15, -0.1) is 0 Å². The molecule has 1 aliphatic rings. The highest BCUT2D eigenvalue weighted by Gasteiger charge is 2.37. The van der Waals surface area contributed by atoms with E-state index < -0.39 is 10.0 Å². The van der Waals surface area contributed by atoms with Crippen LogP contribution in [-0.4, -0.2) is 37.0 Å². The lowest BCUT2D eigenvalue weighted by atomic mass is 9.70. The number of aromatic nitrogens is 2. The second kappa shape index (κ2) is 6.90. The molecule has 1 fully saturated rings. The first-order chi connectivity index (χ1) is 13.0. The molecule has 2 atom stereocenters. The van der Waals surface area contributed by atoms with Crippen LogP contribution in [0, 0.1) is 0 Å². The molecule has 1 saturated carbocycles. The smallest absolute Gasteiger partial charge is 0.242 e. The Morgan fingerprint density at radius 2 is 1.63 bits per heavy atom. The van der Waals surface area contributed by atoms with Gasteiger partial charge < -0.3 is 4.52 Å². The van der Waals surface area contributed by atoms with Crippen molar-refractivity contribution in [2.24, 2.45) is 0 Å². The topological polar surface area (TPSA) is 76.3 Å². The van der Waals surface area contributed by atoms with E-state index in [1.54, 1.807) is 24.3 Å². The molecule has 3 aromatic rings. The van der Waals surface area contributed by atoms with Crippen LogP contribution >= 0.6 is 0 Å². The summed E-state index contributed by atoms with van der Waals surface area (Å²) >= 11 is 0. The molecule has 0 spiro atoms. The molecule has 27 heavy (non-hydrogen) atoms. The fraction of sp³-hybridized carbons (Fsp3) is 0.300. The third-order valence-electron chi connectivity index (χ3n) is 5.15. The zero-order valence-electron chi connectivity index (χ0n) is 15.2. The number of hydrogen-bond acceptors (Lipinski definition) is 5. The number of hydrogen-bond donors (Lipinski definition) is 0. The summed E-state index contributed by atoms with van der Waals surface area (Å²) in [6, 6.07) is 16.9. The Balaban J connectivity index is 1.55. The minimum atomic E-state index is -3.45. The van der Waals surface area contributed by atoms with E-state index in [2.05, 4.69) is 22.3 Å². The lowest BCUT2D eigenvalue weighted by molar-refractivity contribution is 0.258. The Morgan fingerprint density at radius 3 is 2.22 bits per heavy atom. The van der Waals surface area contributed by atoms with Crippen molar-refractivity contribution in [1.29, 1.82) is 0 Å². The highest BCUT2D eigenvalue weighted by molar-refractivity contribution is 7.89. The second-order valence-electron chi connectivity index (χ2n) is 6.97. The summed E-state index contributed by atoms with van der Waals surface area (Å²) in [4.78, 5) is 4.81. The molecule has 2 unspecified atom stereocenters. The van der Waals surface area contributed by atoms with Gasteiger partial charge in [0.2, 0.25) is 21.7 Å². The molecule has 1 heterocycles. The van der Waals surface area contributed by atoms with Crippen molar-refractivity contribution in [1.82, 2.24) is 14.4 Å². The van der Waals surface area contributed by atoms with Crippen LogP contribution in [0.1, 0.15) is 36.1 Å². The minimum Gasteiger partial charge on any atom is -0.339 e. The summed E-state index contributed by atoms with van der Waals surface area (Å²) in [5, 5.41) is 4.10. The summed E-state index contributed by atoms with van der Waals surface area (Å²) < 4.78 is 31.0. The first-order valence-electron chi connectivity index (χ1n) is 8.88. The molecule has 1 aromatic heterocycles.